The Bertz CT molecular complexity index is 741. The molecule has 0 saturated heterocycles. The number of unbranched alkanes of at least 4 members (excludes halogenated alkanes) is 1. The van der Waals surface area contributed by atoms with Crippen LogP contribution in [0, 0.1) is 0 Å². The van der Waals surface area contributed by atoms with E-state index in [9.17, 15) is 9.59 Å². The first-order chi connectivity index (χ1) is 12.6. The number of hydrogen-bond acceptors (Lipinski definition) is 4. The van der Waals surface area contributed by atoms with E-state index in [4.69, 9.17) is 0 Å². The van der Waals surface area contributed by atoms with E-state index in [0.29, 0.717) is 11.7 Å². The van der Waals surface area contributed by atoms with E-state index in [1.807, 2.05) is 37.3 Å². The molecule has 0 aliphatic rings. The SMILES string of the molecule is CCCCn1c(S[C@@H](C)C(=O)N[C@@H](CCC)c2ccccc2)n[nH]c1=O. The summed E-state index contributed by atoms with van der Waals surface area (Å²) >= 11 is 1.31. The highest BCUT2D eigenvalue weighted by atomic mass is 32.2. The van der Waals surface area contributed by atoms with Crippen LogP contribution >= 0.6 is 11.8 Å². The molecule has 0 aliphatic carbocycles. The summed E-state index contributed by atoms with van der Waals surface area (Å²) in [5.74, 6) is -0.0465. The Morgan fingerprint density at radius 3 is 2.65 bits per heavy atom. The molecule has 6 nitrogen and oxygen atoms in total. The number of hydrogen-bond donors (Lipinski definition) is 2. The summed E-state index contributed by atoms with van der Waals surface area (Å²) in [6, 6.07) is 10.0. The van der Waals surface area contributed by atoms with Gasteiger partial charge in [0, 0.05) is 6.54 Å². The molecule has 0 aliphatic heterocycles. The van der Waals surface area contributed by atoms with Gasteiger partial charge in [0.25, 0.3) is 0 Å². The van der Waals surface area contributed by atoms with Gasteiger partial charge in [-0.3, -0.25) is 9.36 Å². The van der Waals surface area contributed by atoms with E-state index in [2.05, 4.69) is 29.4 Å². The largest absolute Gasteiger partial charge is 0.348 e. The number of benzene rings is 1. The molecule has 2 aromatic rings. The maximum Gasteiger partial charge on any atom is 0.343 e. The lowest BCUT2D eigenvalue weighted by molar-refractivity contribution is -0.121. The Kier molecular flexibility index (Phi) is 7.97. The van der Waals surface area contributed by atoms with Crippen LogP contribution in [-0.4, -0.2) is 25.9 Å². The topological polar surface area (TPSA) is 79.8 Å². The van der Waals surface area contributed by atoms with Crippen LogP contribution in [0.25, 0.3) is 0 Å². The number of rotatable bonds is 10. The zero-order valence-corrected chi connectivity index (χ0v) is 16.5. The summed E-state index contributed by atoms with van der Waals surface area (Å²) in [6.07, 6.45) is 3.77. The van der Waals surface area contributed by atoms with Crippen molar-refractivity contribution in [1.29, 1.82) is 0 Å². The first-order valence-corrected chi connectivity index (χ1v) is 10.1. The third-order valence-corrected chi connectivity index (χ3v) is 5.30. The van der Waals surface area contributed by atoms with Crippen LogP contribution in [0.2, 0.25) is 0 Å². The Labute approximate surface area is 158 Å². The minimum atomic E-state index is -0.339. The number of thioether (sulfide) groups is 1. The van der Waals surface area contributed by atoms with Crippen molar-refractivity contribution in [2.75, 3.05) is 0 Å². The molecule has 2 rings (SSSR count). The first-order valence-electron chi connectivity index (χ1n) is 9.24. The van der Waals surface area contributed by atoms with Gasteiger partial charge < -0.3 is 5.32 Å². The molecule has 0 fully saturated rings. The van der Waals surface area contributed by atoms with Crippen LogP contribution < -0.4 is 11.0 Å². The van der Waals surface area contributed by atoms with Crippen molar-refractivity contribution < 1.29 is 4.79 Å². The zero-order valence-electron chi connectivity index (χ0n) is 15.7. The fourth-order valence-corrected chi connectivity index (χ4v) is 3.59. The third-order valence-electron chi connectivity index (χ3n) is 4.21. The Morgan fingerprint density at radius 2 is 2.00 bits per heavy atom. The van der Waals surface area contributed by atoms with Crippen LogP contribution in [0.4, 0.5) is 0 Å². The van der Waals surface area contributed by atoms with E-state index < -0.39 is 0 Å². The summed E-state index contributed by atoms with van der Waals surface area (Å²) in [7, 11) is 0. The number of carbonyl (C=O) groups is 1. The third kappa shape index (κ3) is 5.49. The number of amides is 1. The van der Waals surface area contributed by atoms with Crippen molar-refractivity contribution in [2.45, 2.75) is 69.4 Å². The van der Waals surface area contributed by atoms with Gasteiger partial charge in [-0.05, 0) is 25.3 Å². The van der Waals surface area contributed by atoms with Crippen molar-refractivity contribution in [3.8, 4) is 0 Å². The molecule has 0 radical (unpaired) electrons. The molecule has 0 saturated carbocycles. The predicted molar refractivity (Wildman–Crippen MR) is 105 cm³/mol. The van der Waals surface area contributed by atoms with Gasteiger partial charge in [0.2, 0.25) is 5.91 Å². The molecule has 1 aromatic carbocycles. The maximum atomic E-state index is 12.7. The fraction of sp³-hybridized carbons (Fsp3) is 0.526. The molecule has 142 valence electrons. The number of H-pyrrole nitrogens is 1. The summed E-state index contributed by atoms with van der Waals surface area (Å²) in [5.41, 5.74) is 0.890. The summed E-state index contributed by atoms with van der Waals surface area (Å²) in [4.78, 5) is 24.6. The van der Waals surface area contributed by atoms with Crippen LogP contribution in [0.3, 0.4) is 0 Å². The van der Waals surface area contributed by atoms with Gasteiger partial charge in [0.1, 0.15) is 0 Å². The highest BCUT2D eigenvalue weighted by molar-refractivity contribution is 8.00. The lowest BCUT2D eigenvalue weighted by atomic mass is 10.0. The highest BCUT2D eigenvalue weighted by Crippen LogP contribution is 2.23. The van der Waals surface area contributed by atoms with E-state index in [-0.39, 0.29) is 22.9 Å². The standard InChI is InChI=1S/C19H28N4O2S/c1-4-6-13-23-18(25)21-22-19(23)26-14(3)17(24)20-16(10-5-2)15-11-8-7-9-12-15/h7-9,11-12,14,16H,4-6,10,13H2,1-3H3,(H,20,24)(H,21,25)/t14-,16-/m0/s1. The zero-order chi connectivity index (χ0) is 18.9. The van der Waals surface area contributed by atoms with Gasteiger partial charge in [-0.1, -0.05) is 68.8 Å². The fourth-order valence-electron chi connectivity index (χ4n) is 2.70. The number of carbonyl (C=O) groups excluding carboxylic acids is 1. The average molecular weight is 377 g/mol. The number of aromatic nitrogens is 3. The summed E-state index contributed by atoms with van der Waals surface area (Å²) < 4.78 is 1.61. The number of nitrogens with zero attached hydrogens (tertiary/aromatic N) is 2. The Balaban J connectivity index is 2.03. The molecule has 2 N–H and O–H groups in total. The van der Waals surface area contributed by atoms with Gasteiger partial charge >= 0.3 is 5.69 Å². The van der Waals surface area contributed by atoms with Crippen molar-refractivity contribution in [2.24, 2.45) is 0 Å². The van der Waals surface area contributed by atoms with E-state index >= 15 is 0 Å². The molecule has 1 amide bonds. The van der Waals surface area contributed by atoms with Crippen LogP contribution in [0.1, 0.15) is 58.1 Å². The number of aromatic amines is 1. The van der Waals surface area contributed by atoms with Crippen molar-refractivity contribution in [3.05, 3.63) is 46.4 Å². The second kappa shape index (κ2) is 10.2. The molecule has 0 bridgehead atoms. The van der Waals surface area contributed by atoms with Gasteiger partial charge in [-0.25, -0.2) is 9.89 Å². The van der Waals surface area contributed by atoms with Gasteiger partial charge in [0.15, 0.2) is 5.16 Å². The van der Waals surface area contributed by atoms with Crippen LogP contribution in [0.15, 0.2) is 40.3 Å². The van der Waals surface area contributed by atoms with Gasteiger partial charge in [0.05, 0.1) is 11.3 Å². The molecule has 7 heteroatoms. The van der Waals surface area contributed by atoms with Crippen LogP contribution in [0.5, 0.6) is 0 Å². The molecular formula is C19H28N4O2S. The van der Waals surface area contributed by atoms with Crippen molar-refractivity contribution in [1.82, 2.24) is 20.1 Å². The summed E-state index contributed by atoms with van der Waals surface area (Å²) in [6.45, 7) is 6.64. The molecule has 1 heterocycles. The van der Waals surface area contributed by atoms with Gasteiger partial charge in [-0.15, -0.1) is 5.10 Å². The quantitative estimate of drug-likeness (QED) is 0.622. The lowest BCUT2D eigenvalue weighted by Gasteiger charge is -2.21. The lowest BCUT2D eigenvalue weighted by Crippen LogP contribution is -2.34. The van der Waals surface area contributed by atoms with Gasteiger partial charge in [-0.2, -0.15) is 0 Å². The first kappa shape index (κ1) is 20.3. The minimum Gasteiger partial charge on any atom is -0.348 e. The Hall–Kier alpha value is -2.02. The van der Waals surface area contributed by atoms with Crippen molar-refractivity contribution in [3.63, 3.8) is 0 Å². The molecule has 2 atom stereocenters. The van der Waals surface area contributed by atoms with Crippen LogP contribution in [-0.2, 0) is 11.3 Å². The molecular weight excluding hydrogens is 348 g/mol. The minimum absolute atomic E-state index is 0.00165. The normalized spacial score (nSPS) is 13.3. The van der Waals surface area contributed by atoms with E-state index in [0.717, 1.165) is 31.2 Å². The predicted octanol–water partition coefficient (Wildman–Crippen LogP) is 3.51. The Morgan fingerprint density at radius 1 is 1.27 bits per heavy atom. The maximum absolute atomic E-state index is 12.7. The number of nitrogens with one attached hydrogen (secondary N) is 2. The molecule has 26 heavy (non-hydrogen) atoms. The smallest absolute Gasteiger partial charge is 0.343 e. The highest BCUT2D eigenvalue weighted by Gasteiger charge is 2.22. The summed E-state index contributed by atoms with van der Waals surface area (Å²) in [5, 5.41) is 9.92. The van der Waals surface area contributed by atoms with E-state index in [1.165, 1.54) is 11.8 Å². The second-order valence-electron chi connectivity index (χ2n) is 6.34. The van der Waals surface area contributed by atoms with E-state index in [1.54, 1.807) is 4.57 Å². The molecule has 0 spiro atoms. The monoisotopic (exact) mass is 376 g/mol. The second-order valence-corrected chi connectivity index (χ2v) is 7.65. The molecule has 0 unspecified atom stereocenters. The van der Waals surface area contributed by atoms with Crippen molar-refractivity contribution >= 4 is 17.7 Å². The average Bonchev–Trinajstić information content (AvgIpc) is 2.99. The molecule has 1 aromatic heterocycles.